The van der Waals surface area contributed by atoms with Crippen LogP contribution in [0.4, 0.5) is 10.5 Å². The highest BCUT2D eigenvalue weighted by Gasteiger charge is 2.38. The van der Waals surface area contributed by atoms with Crippen LogP contribution < -0.4 is 10.6 Å². The lowest BCUT2D eigenvalue weighted by molar-refractivity contribution is 0.0730. The molecule has 0 bridgehead atoms. The minimum Gasteiger partial charge on any atom is -0.379 e. The summed E-state index contributed by atoms with van der Waals surface area (Å²) in [6, 6.07) is 12.1. The van der Waals surface area contributed by atoms with Crippen LogP contribution in [0.15, 0.2) is 53.4 Å². The van der Waals surface area contributed by atoms with E-state index in [9.17, 15) is 17.8 Å². The van der Waals surface area contributed by atoms with Gasteiger partial charge in [-0.15, -0.1) is 0 Å². The first-order valence-corrected chi connectivity index (χ1v) is 14.5. The fourth-order valence-corrected chi connectivity index (χ4v) is 7.34. The number of halogens is 1. The third-order valence-corrected chi connectivity index (χ3v) is 9.77. The Morgan fingerprint density at radius 2 is 1.74 bits per heavy atom. The van der Waals surface area contributed by atoms with Gasteiger partial charge in [0.15, 0.2) is 5.78 Å². The molecule has 1 unspecified atom stereocenters. The number of hydrogen-bond acceptors (Lipinski definition) is 7. The van der Waals surface area contributed by atoms with E-state index in [-0.39, 0.29) is 55.1 Å². The van der Waals surface area contributed by atoms with E-state index >= 15 is 0 Å². The van der Waals surface area contributed by atoms with E-state index in [1.807, 2.05) is 0 Å². The molecule has 35 heavy (non-hydrogen) atoms. The van der Waals surface area contributed by atoms with Crippen molar-refractivity contribution in [3.8, 4) is 0 Å². The van der Waals surface area contributed by atoms with E-state index in [2.05, 4.69) is 10.6 Å². The number of sulfonamides is 1. The van der Waals surface area contributed by atoms with Gasteiger partial charge in [-0.1, -0.05) is 41.9 Å². The Balaban J connectivity index is 1.85. The summed E-state index contributed by atoms with van der Waals surface area (Å²) in [6.07, 6.45) is 0. The van der Waals surface area contributed by atoms with Gasteiger partial charge in [0.1, 0.15) is 4.90 Å². The van der Waals surface area contributed by atoms with E-state index in [1.54, 1.807) is 44.2 Å². The second-order valence-electron chi connectivity index (χ2n) is 7.45. The van der Waals surface area contributed by atoms with Crippen LogP contribution in [0.5, 0.6) is 0 Å². The van der Waals surface area contributed by atoms with Gasteiger partial charge in [-0.3, -0.25) is 4.57 Å². The number of urea groups is 1. The van der Waals surface area contributed by atoms with Crippen LogP contribution in [0.2, 0.25) is 5.02 Å². The molecule has 192 valence electrons. The average Bonchev–Trinajstić information content (AvgIpc) is 2.85. The van der Waals surface area contributed by atoms with Gasteiger partial charge in [-0.2, -0.15) is 4.31 Å². The van der Waals surface area contributed by atoms with Crippen LogP contribution in [0, 0.1) is 0 Å². The number of nitrogens with one attached hydrogen (secondary N) is 2. The molecule has 2 N–H and O–H groups in total. The molecule has 13 heteroatoms. The second-order valence-corrected chi connectivity index (χ2v) is 11.9. The molecule has 1 atom stereocenters. The average molecular weight is 546 g/mol. The third-order valence-electron chi connectivity index (χ3n) is 5.09. The standard InChI is InChI=1S/C22H29ClN3O7PS/c1-3-32-34(28,33-4-2)21(17-8-6-5-7-9-17)25-22(27)24-18-10-11-19(23)20(16-18)35(29,30)26-12-14-31-15-13-26/h5-11,16,21H,3-4,12-15H2,1-2H3,(H2,24,25,27). The summed E-state index contributed by atoms with van der Waals surface area (Å²) < 4.78 is 57.1. The number of rotatable bonds is 10. The molecule has 1 saturated heterocycles. The second kappa shape index (κ2) is 12.3. The van der Waals surface area contributed by atoms with Crippen molar-refractivity contribution in [3.05, 3.63) is 59.1 Å². The minimum absolute atomic E-state index is 0.0294. The van der Waals surface area contributed by atoms with Gasteiger partial charge in [0.25, 0.3) is 0 Å². The highest BCUT2D eigenvalue weighted by Crippen LogP contribution is 2.59. The molecule has 0 radical (unpaired) electrons. The molecule has 3 rings (SSSR count). The van der Waals surface area contributed by atoms with Crippen LogP contribution >= 0.6 is 19.2 Å². The van der Waals surface area contributed by atoms with Crippen molar-refractivity contribution < 1.29 is 31.6 Å². The van der Waals surface area contributed by atoms with Crippen LogP contribution in [-0.4, -0.2) is 58.3 Å². The monoisotopic (exact) mass is 545 g/mol. The number of ether oxygens (including phenoxy) is 1. The predicted octanol–water partition coefficient (Wildman–Crippen LogP) is 4.45. The van der Waals surface area contributed by atoms with Crippen molar-refractivity contribution in [2.24, 2.45) is 0 Å². The van der Waals surface area contributed by atoms with E-state index in [0.717, 1.165) is 0 Å². The Kier molecular flexibility index (Phi) is 9.71. The lowest BCUT2D eigenvalue weighted by Gasteiger charge is -2.28. The Morgan fingerprint density at radius 1 is 1.11 bits per heavy atom. The number of benzene rings is 2. The third kappa shape index (κ3) is 6.83. The maximum absolute atomic E-state index is 13.5. The number of nitrogens with zero attached hydrogens (tertiary/aromatic N) is 1. The predicted molar refractivity (Wildman–Crippen MR) is 133 cm³/mol. The highest BCUT2D eigenvalue weighted by molar-refractivity contribution is 7.89. The van der Waals surface area contributed by atoms with Crippen molar-refractivity contribution in [1.82, 2.24) is 9.62 Å². The molecule has 10 nitrogen and oxygen atoms in total. The molecule has 1 heterocycles. The van der Waals surface area contributed by atoms with Crippen LogP contribution in [0.25, 0.3) is 0 Å². The maximum Gasteiger partial charge on any atom is 0.357 e. The van der Waals surface area contributed by atoms with Gasteiger partial charge in [0.2, 0.25) is 10.0 Å². The van der Waals surface area contributed by atoms with Gasteiger partial charge in [0.05, 0.1) is 31.5 Å². The normalized spacial score (nSPS) is 16.0. The molecule has 1 aliphatic heterocycles. The van der Waals surface area contributed by atoms with Gasteiger partial charge >= 0.3 is 13.6 Å². The highest BCUT2D eigenvalue weighted by atomic mass is 35.5. The zero-order valence-electron chi connectivity index (χ0n) is 19.5. The van der Waals surface area contributed by atoms with Crippen molar-refractivity contribution in [2.45, 2.75) is 24.5 Å². The summed E-state index contributed by atoms with van der Waals surface area (Å²) in [7, 11) is -7.67. The van der Waals surface area contributed by atoms with Gasteiger partial charge in [-0.05, 0) is 37.6 Å². The molecule has 1 fully saturated rings. The topological polar surface area (TPSA) is 123 Å². The van der Waals surface area contributed by atoms with Crippen molar-refractivity contribution in [2.75, 3.05) is 44.8 Å². The molecule has 0 saturated carbocycles. The molecular formula is C22H29ClN3O7PS. The molecular weight excluding hydrogens is 517 g/mol. The number of anilines is 1. The summed E-state index contributed by atoms with van der Waals surface area (Å²) in [5.74, 6) is -1.09. The quantitative estimate of drug-likeness (QED) is 0.423. The molecule has 2 aromatic carbocycles. The van der Waals surface area contributed by atoms with Crippen molar-refractivity contribution >= 4 is 40.9 Å². The maximum atomic E-state index is 13.5. The van der Waals surface area contributed by atoms with E-state index in [0.29, 0.717) is 5.56 Å². The summed E-state index contributed by atoms with van der Waals surface area (Å²) in [5.41, 5.74) is 0.716. The molecule has 2 aromatic rings. The molecule has 0 aromatic heterocycles. The number of morpholine rings is 1. The molecule has 0 aliphatic carbocycles. The molecule has 1 aliphatic rings. The minimum atomic E-state index is -3.89. The summed E-state index contributed by atoms with van der Waals surface area (Å²) in [5, 5.41) is 5.28. The fourth-order valence-electron chi connectivity index (χ4n) is 3.52. The van der Waals surface area contributed by atoms with E-state index in [1.165, 1.54) is 22.5 Å². The first-order valence-electron chi connectivity index (χ1n) is 11.1. The SMILES string of the molecule is CCOP(=O)(OCC)C(NC(=O)Nc1ccc(Cl)c(S(=O)(=O)N2CCOCC2)c1)c1ccccc1. The van der Waals surface area contributed by atoms with Crippen molar-refractivity contribution in [1.29, 1.82) is 0 Å². The van der Waals surface area contributed by atoms with Crippen molar-refractivity contribution in [3.63, 3.8) is 0 Å². The van der Waals surface area contributed by atoms with Crippen LogP contribution in [0.1, 0.15) is 25.2 Å². The van der Waals surface area contributed by atoms with Gasteiger partial charge < -0.3 is 24.4 Å². The first-order chi connectivity index (χ1) is 16.7. The van der Waals surface area contributed by atoms with Crippen LogP contribution in [-0.2, 0) is 28.4 Å². The Bertz CT molecular complexity index is 1150. The Labute approximate surface area is 210 Å². The fraction of sp³-hybridized carbons (Fsp3) is 0.409. The van der Waals surface area contributed by atoms with E-state index < -0.39 is 29.4 Å². The smallest absolute Gasteiger partial charge is 0.357 e. The lowest BCUT2D eigenvalue weighted by Crippen LogP contribution is -2.40. The Morgan fingerprint density at radius 3 is 2.34 bits per heavy atom. The summed E-state index contributed by atoms with van der Waals surface area (Å²) in [6.45, 7) is 4.58. The lowest BCUT2D eigenvalue weighted by atomic mass is 10.2. The molecule has 2 amide bonds. The Hall–Kier alpha value is -1.98. The first kappa shape index (κ1) is 27.6. The number of carbonyl (C=O) groups is 1. The van der Waals surface area contributed by atoms with Gasteiger partial charge in [0, 0.05) is 18.8 Å². The van der Waals surface area contributed by atoms with E-state index in [4.69, 9.17) is 25.4 Å². The summed E-state index contributed by atoms with van der Waals surface area (Å²) in [4.78, 5) is 12.8. The largest absolute Gasteiger partial charge is 0.379 e. The summed E-state index contributed by atoms with van der Waals surface area (Å²) >= 11 is 6.19. The zero-order chi connectivity index (χ0) is 25.5. The zero-order valence-corrected chi connectivity index (χ0v) is 21.9. The number of hydrogen-bond donors (Lipinski definition) is 2. The van der Waals surface area contributed by atoms with Gasteiger partial charge in [-0.25, -0.2) is 13.2 Å². The number of amides is 2. The molecule has 0 spiro atoms. The number of carbonyl (C=O) groups excluding carboxylic acids is 1. The van der Waals surface area contributed by atoms with Crippen LogP contribution in [0.3, 0.4) is 0 Å².